The van der Waals surface area contributed by atoms with E-state index in [2.05, 4.69) is 9.55 Å². The van der Waals surface area contributed by atoms with Crippen molar-refractivity contribution >= 4 is 29.1 Å². The number of nitrogens with zero attached hydrogens (tertiary/aromatic N) is 3. The van der Waals surface area contributed by atoms with E-state index in [0.717, 1.165) is 24.2 Å². The first kappa shape index (κ1) is 18.1. The third-order valence-electron chi connectivity index (χ3n) is 4.70. The molecule has 27 heavy (non-hydrogen) atoms. The van der Waals surface area contributed by atoms with Gasteiger partial charge in [0.05, 0.1) is 6.54 Å². The van der Waals surface area contributed by atoms with E-state index in [1.165, 1.54) is 0 Å². The zero-order valence-corrected chi connectivity index (χ0v) is 16.2. The fraction of sp³-hybridized carbons (Fsp3) is 0.238. The average Bonchev–Trinajstić information content (AvgIpc) is 3.41. The van der Waals surface area contributed by atoms with Gasteiger partial charge in [-0.1, -0.05) is 35.3 Å². The van der Waals surface area contributed by atoms with Crippen molar-refractivity contribution in [3.63, 3.8) is 0 Å². The van der Waals surface area contributed by atoms with Crippen molar-refractivity contribution in [2.24, 2.45) is 0 Å². The number of amides is 1. The normalized spacial score (nSPS) is 13.6. The van der Waals surface area contributed by atoms with E-state index in [1.54, 1.807) is 30.5 Å². The predicted molar refractivity (Wildman–Crippen MR) is 107 cm³/mol. The van der Waals surface area contributed by atoms with Crippen LogP contribution < -0.4 is 0 Å². The third kappa shape index (κ3) is 4.34. The lowest BCUT2D eigenvalue weighted by molar-refractivity contribution is 0.0723. The Labute approximate surface area is 168 Å². The summed E-state index contributed by atoms with van der Waals surface area (Å²) in [5, 5.41) is 1.34. The summed E-state index contributed by atoms with van der Waals surface area (Å²) in [5.74, 6) is 0.885. The number of hydrogen-bond acceptors (Lipinski definition) is 2. The summed E-state index contributed by atoms with van der Waals surface area (Å²) in [6.07, 6.45) is 5.79. The highest BCUT2D eigenvalue weighted by Crippen LogP contribution is 2.30. The molecule has 3 aromatic rings. The highest BCUT2D eigenvalue weighted by Gasteiger charge is 2.33. The fourth-order valence-electron chi connectivity index (χ4n) is 3.13. The van der Waals surface area contributed by atoms with Gasteiger partial charge in [-0.15, -0.1) is 0 Å². The number of hydrogen-bond donors (Lipinski definition) is 0. The minimum atomic E-state index is 0.0199. The van der Waals surface area contributed by atoms with Crippen LogP contribution in [0.5, 0.6) is 0 Å². The van der Waals surface area contributed by atoms with Crippen molar-refractivity contribution in [2.75, 3.05) is 0 Å². The average molecular weight is 400 g/mol. The number of carbonyl (C=O) groups is 1. The first-order valence-corrected chi connectivity index (χ1v) is 9.67. The van der Waals surface area contributed by atoms with E-state index in [4.69, 9.17) is 23.2 Å². The van der Waals surface area contributed by atoms with Gasteiger partial charge < -0.3 is 9.47 Å². The van der Waals surface area contributed by atoms with Crippen LogP contribution in [0.25, 0.3) is 0 Å². The number of benzene rings is 2. The highest BCUT2D eigenvalue weighted by atomic mass is 35.5. The number of rotatable bonds is 6. The van der Waals surface area contributed by atoms with Gasteiger partial charge in [0.1, 0.15) is 5.82 Å². The molecule has 0 unspecified atom stereocenters. The second-order valence-corrected chi connectivity index (χ2v) is 7.65. The Morgan fingerprint density at radius 2 is 1.89 bits per heavy atom. The van der Waals surface area contributed by atoms with Crippen molar-refractivity contribution in [1.82, 2.24) is 14.5 Å². The second-order valence-electron chi connectivity index (χ2n) is 6.77. The Bertz CT molecular complexity index is 948. The minimum Gasteiger partial charge on any atom is -0.329 e. The molecule has 1 heterocycles. The molecule has 4 rings (SSSR count). The molecule has 1 aromatic heterocycles. The van der Waals surface area contributed by atoms with Gasteiger partial charge in [0.25, 0.3) is 5.91 Å². The first-order chi connectivity index (χ1) is 13.1. The Morgan fingerprint density at radius 3 is 2.59 bits per heavy atom. The zero-order chi connectivity index (χ0) is 18.8. The van der Waals surface area contributed by atoms with Crippen LogP contribution in [0, 0.1) is 0 Å². The maximum absolute atomic E-state index is 13.0. The van der Waals surface area contributed by atoms with E-state index in [0.29, 0.717) is 28.7 Å². The summed E-state index contributed by atoms with van der Waals surface area (Å²) in [6.45, 7) is 1.16. The summed E-state index contributed by atoms with van der Waals surface area (Å²) in [6, 6.07) is 15.1. The quantitative estimate of drug-likeness (QED) is 0.581. The van der Waals surface area contributed by atoms with Crippen LogP contribution in [0.4, 0.5) is 0 Å². The van der Waals surface area contributed by atoms with Gasteiger partial charge in [-0.05, 0) is 54.8 Å². The van der Waals surface area contributed by atoms with E-state index < -0.39 is 0 Å². The van der Waals surface area contributed by atoms with Crippen molar-refractivity contribution in [3.8, 4) is 0 Å². The van der Waals surface area contributed by atoms with Crippen LogP contribution in [-0.2, 0) is 13.1 Å². The van der Waals surface area contributed by atoms with E-state index in [9.17, 15) is 4.79 Å². The molecule has 1 aliphatic carbocycles. The first-order valence-electron chi connectivity index (χ1n) is 8.91. The van der Waals surface area contributed by atoms with Gasteiger partial charge in [-0.25, -0.2) is 4.98 Å². The van der Waals surface area contributed by atoms with Crippen LogP contribution in [0.1, 0.15) is 34.6 Å². The lowest BCUT2D eigenvalue weighted by Crippen LogP contribution is -2.33. The van der Waals surface area contributed by atoms with Crippen molar-refractivity contribution in [3.05, 3.63) is 87.9 Å². The maximum Gasteiger partial charge on any atom is 0.254 e. The molecule has 0 aliphatic heterocycles. The van der Waals surface area contributed by atoms with Crippen molar-refractivity contribution in [2.45, 2.75) is 32.0 Å². The molecule has 0 saturated heterocycles. The SMILES string of the molecule is O=C(c1ccc(Cl)cc1)N(Cc1nccn1Cc1cccc(Cl)c1)C1CC1. The standard InChI is InChI=1S/C21H19Cl2N3O/c22-17-6-4-16(5-7-17)21(27)26(19-8-9-19)14-20-24-10-11-25(20)13-15-2-1-3-18(23)12-15/h1-7,10-12,19H,8-9,13-14H2. The molecule has 1 fully saturated rings. The Hall–Kier alpha value is -2.30. The summed E-state index contributed by atoms with van der Waals surface area (Å²) in [4.78, 5) is 19.4. The van der Waals surface area contributed by atoms with Gasteiger partial charge in [0.15, 0.2) is 0 Å². The minimum absolute atomic E-state index is 0.0199. The molecule has 4 nitrogen and oxygen atoms in total. The Morgan fingerprint density at radius 1 is 1.11 bits per heavy atom. The molecule has 6 heteroatoms. The van der Waals surface area contributed by atoms with Gasteiger partial charge >= 0.3 is 0 Å². The van der Waals surface area contributed by atoms with Gasteiger partial charge in [0.2, 0.25) is 0 Å². The molecule has 1 amide bonds. The van der Waals surface area contributed by atoms with Crippen LogP contribution in [-0.4, -0.2) is 26.4 Å². The molecular formula is C21H19Cl2N3O. The van der Waals surface area contributed by atoms with Crippen molar-refractivity contribution < 1.29 is 4.79 Å². The molecule has 0 N–H and O–H groups in total. The van der Waals surface area contributed by atoms with Gasteiger partial charge in [-0.3, -0.25) is 4.79 Å². The summed E-state index contributed by atoms with van der Waals surface area (Å²) < 4.78 is 2.07. The van der Waals surface area contributed by atoms with Gasteiger partial charge in [-0.2, -0.15) is 0 Å². The Balaban J connectivity index is 1.54. The number of aromatic nitrogens is 2. The molecule has 2 aromatic carbocycles. The Kier molecular flexibility index (Phi) is 5.19. The largest absolute Gasteiger partial charge is 0.329 e. The predicted octanol–water partition coefficient (Wildman–Crippen LogP) is 5.04. The molecule has 0 spiro atoms. The van der Waals surface area contributed by atoms with E-state index in [-0.39, 0.29) is 11.9 Å². The van der Waals surface area contributed by atoms with Crippen LogP contribution >= 0.6 is 23.2 Å². The number of carbonyl (C=O) groups excluding carboxylic acids is 1. The van der Waals surface area contributed by atoms with Gasteiger partial charge in [0, 0.05) is 40.6 Å². The highest BCUT2D eigenvalue weighted by molar-refractivity contribution is 6.30. The summed E-state index contributed by atoms with van der Waals surface area (Å²) in [5.41, 5.74) is 1.75. The lowest BCUT2D eigenvalue weighted by Gasteiger charge is -2.23. The molecule has 0 radical (unpaired) electrons. The monoisotopic (exact) mass is 399 g/mol. The van der Waals surface area contributed by atoms with Crippen LogP contribution in [0.3, 0.4) is 0 Å². The second kappa shape index (κ2) is 7.75. The molecule has 1 saturated carbocycles. The lowest BCUT2D eigenvalue weighted by atomic mass is 10.2. The smallest absolute Gasteiger partial charge is 0.254 e. The maximum atomic E-state index is 13.0. The fourth-order valence-corrected chi connectivity index (χ4v) is 3.47. The molecule has 0 bridgehead atoms. The topological polar surface area (TPSA) is 38.1 Å². The summed E-state index contributed by atoms with van der Waals surface area (Å²) >= 11 is 12.0. The third-order valence-corrected chi connectivity index (χ3v) is 5.18. The number of halogens is 2. The molecule has 1 aliphatic rings. The van der Waals surface area contributed by atoms with Crippen LogP contribution in [0.15, 0.2) is 60.9 Å². The zero-order valence-electron chi connectivity index (χ0n) is 14.7. The summed E-state index contributed by atoms with van der Waals surface area (Å²) in [7, 11) is 0. The molecule has 138 valence electrons. The molecule has 0 atom stereocenters. The van der Waals surface area contributed by atoms with Crippen molar-refractivity contribution in [1.29, 1.82) is 0 Å². The van der Waals surface area contributed by atoms with Crippen LogP contribution in [0.2, 0.25) is 10.0 Å². The van der Waals surface area contributed by atoms with E-state index in [1.807, 2.05) is 35.4 Å². The molecular weight excluding hydrogens is 381 g/mol. The van der Waals surface area contributed by atoms with E-state index >= 15 is 0 Å². The number of imidazole rings is 1.